The van der Waals surface area contributed by atoms with Crippen LogP contribution in [0.3, 0.4) is 0 Å². The fraction of sp³-hybridized carbons (Fsp3) is 0.333. The van der Waals surface area contributed by atoms with Crippen molar-refractivity contribution in [3.63, 3.8) is 0 Å². The van der Waals surface area contributed by atoms with E-state index >= 15 is 0 Å². The molecule has 9 nitrogen and oxygen atoms in total. The quantitative estimate of drug-likeness (QED) is 0.198. The number of hydrogen-bond donors (Lipinski definition) is 0. The van der Waals surface area contributed by atoms with Gasteiger partial charge in [0.1, 0.15) is 0 Å². The Morgan fingerprint density at radius 1 is 1.11 bits per heavy atom. The summed E-state index contributed by atoms with van der Waals surface area (Å²) in [5.41, 5.74) is 1.26. The summed E-state index contributed by atoms with van der Waals surface area (Å²) in [7, 11) is 3.14. The maximum absolute atomic E-state index is 13.3. The van der Waals surface area contributed by atoms with Crippen LogP contribution in [0.25, 0.3) is 16.3 Å². The van der Waals surface area contributed by atoms with Crippen LogP contribution in [0, 0.1) is 10.1 Å². The molecule has 0 aliphatic rings. The van der Waals surface area contributed by atoms with Gasteiger partial charge < -0.3 is 14.4 Å². The summed E-state index contributed by atoms with van der Waals surface area (Å²) in [6.07, 6.45) is 3.01. The number of hydrogen-bond acceptors (Lipinski definition) is 8. The first-order chi connectivity index (χ1) is 16.4. The zero-order chi connectivity index (χ0) is 24.7. The number of nitrogens with zero attached hydrogens (tertiary/aromatic N) is 4. The molecule has 0 saturated heterocycles. The molecule has 0 saturated carbocycles. The number of nitro groups is 1. The molecule has 11 heteroatoms. The Balaban J connectivity index is 0.00000432. The maximum Gasteiger partial charge on any atom is 0.270 e. The average Bonchev–Trinajstić information content (AvgIpc) is 3.26. The van der Waals surface area contributed by atoms with E-state index in [0.29, 0.717) is 40.8 Å². The first-order valence-corrected chi connectivity index (χ1v) is 11.7. The summed E-state index contributed by atoms with van der Waals surface area (Å²) >= 11 is 1.39. The van der Waals surface area contributed by atoms with Crippen molar-refractivity contribution in [1.29, 1.82) is 0 Å². The van der Waals surface area contributed by atoms with Crippen molar-refractivity contribution in [3.05, 3.63) is 58.2 Å². The number of methoxy groups -OCH3 is 2. The first kappa shape index (κ1) is 28.0. The molecule has 0 N–H and O–H groups in total. The van der Waals surface area contributed by atoms with Crippen molar-refractivity contribution >= 4 is 56.8 Å². The molecular weight excluding hydrogens is 492 g/mol. The smallest absolute Gasteiger partial charge is 0.270 e. The molecule has 35 heavy (non-hydrogen) atoms. The van der Waals surface area contributed by atoms with E-state index in [4.69, 9.17) is 9.47 Å². The van der Waals surface area contributed by atoms with Crippen molar-refractivity contribution in [3.8, 4) is 11.5 Å². The molecule has 0 unspecified atom stereocenters. The number of aromatic nitrogens is 1. The fourth-order valence-corrected chi connectivity index (χ4v) is 4.45. The highest BCUT2D eigenvalue weighted by atomic mass is 35.5. The monoisotopic (exact) mass is 520 g/mol. The summed E-state index contributed by atoms with van der Waals surface area (Å²) in [5, 5.41) is 11.6. The highest BCUT2D eigenvalue weighted by Crippen LogP contribution is 2.37. The number of benzene rings is 2. The molecule has 3 rings (SSSR count). The SMILES string of the molecule is CCN(CC)CCN(C(=O)C=Cc1cccc([N+](=O)[O-])c1)c1nc2cc(OC)c(OC)cc2s1.Cl. The topological polar surface area (TPSA) is 98.0 Å². The van der Waals surface area contributed by atoms with Gasteiger partial charge in [0.25, 0.3) is 11.6 Å². The minimum absolute atomic E-state index is 0. The van der Waals surface area contributed by atoms with E-state index in [9.17, 15) is 14.9 Å². The Morgan fingerprint density at radius 2 is 1.80 bits per heavy atom. The van der Waals surface area contributed by atoms with E-state index in [-0.39, 0.29) is 24.0 Å². The molecule has 0 spiro atoms. The van der Waals surface area contributed by atoms with Gasteiger partial charge in [-0.25, -0.2) is 4.98 Å². The summed E-state index contributed by atoms with van der Waals surface area (Å²) < 4.78 is 11.6. The molecule has 0 radical (unpaired) electrons. The van der Waals surface area contributed by atoms with E-state index < -0.39 is 4.92 Å². The number of nitro benzene ring substituents is 1. The van der Waals surface area contributed by atoms with Crippen molar-refractivity contribution in [1.82, 2.24) is 9.88 Å². The molecule has 0 fully saturated rings. The third-order valence-corrected chi connectivity index (χ3v) is 6.45. The van der Waals surface area contributed by atoms with Crippen LogP contribution in [0.2, 0.25) is 0 Å². The second-order valence-electron chi connectivity index (χ2n) is 7.37. The highest BCUT2D eigenvalue weighted by molar-refractivity contribution is 7.22. The number of rotatable bonds is 11. The van der Waals surface area contributed by atoms with E-state index in [1.54, 1.807) is 43.4 Å². The number of carbonyl (C=O) groups excluding carboxylic acids is 1. The van der Waals surface area contributed by atoms with E-state index in [1.807, 2.05) is 6.07 Å². The van der Waals surface area contributed by atoms with Crippen molar-refractivity contribution in [2.45, 2.75) is 13.8 Å². The van der Waals surface area contributed by atoms with Gasteiger partial charge in [-0.1, -0.05) is 37.3 Å². The zero-order valence-electron chi connectivity index (χ0n) is 20.1. The number of amides is 1. The number of carbonyl (C=O) groups is 1. The highest BCUT2D eigenvalue weighted by Gasteiger charge is 2.20. The zero-order valence-corrected chi connectivity index (χ0v) is 21.7. The molecule has 1 aromatic heterocycles. The van der Waals surface area contributed by atoms with Crippen molar-refractivity contribution < 1.29 is 19.2 Å². The minimum Gasteiger partial charge on any atom is -0.493 e. The van der Waals surface area contributed by atoms with Crippen molar-refractivity contribution in [2.24, 2.45) is 0 Å². The summed E-state index contributed by atoms with van der Waals surface area (Å²) in [5.74, 6) is 0.909. The number of non-ortho nitro benzene ring substituents is 1. The largest absolute Gasteiger partial charge is 0.493 e. The predicted molar refractivity (Wildman–Crippen MR) is 142 cm³/mol. The first-order valence-electron chi connectivity index (χ1n) is 10.9. The van der Waals surface area contributed by atoms with Crippen molar-refractivity contribution in [2.75, 3.05) is 45.3 Å². The van der Waals surface area contributed by atoms with Gasteiger partial charge in [0.05, 0.1) is 29.4 Å². The number of ether oxygens (including phenoxy) is 2. The summed E-state index contributed by atoms with van der Waals surface area (Å²) in [4.78, 5) is 32.4. The number of fused-ring (bicyclic) bond motifs is 1. The van der Waals surface area contributed by atoms with Crippen LogP contribution in [-0.4, -0.2) is 61.1 Å². The van der Waals surface area contributed by atoms with Crippen LogP contribution in [-0.2, 0) is 4.79 Å². The number of thiazole rings is 1. The van der Waals surface area contributed by atoms with Crippen LogP contribution in [0.1, 0.15) is 19.4 Å². The molecule has 0 atom stereocenters. The fourth-order valence-electron chi connectivity index (χ4n) is 3.44. The van der Waals surface area contributed by atoms with Crippen LogP contribution in [0.4, 0.5) is 10.8 Å². The molecule has 1 amide bonds. The van der Waals surface area contributed by atoms with E-state index in [2.05, 4.69) is 23.7 Å². The van der Waals surface area contributed by atoms with Gasteiger partial charge >= 0.3 is 0 Å². The van der Waals surface area contributed by atoms with Gasteiger partial charge in [0, 0.05) is 43.4 Å². The standard InChI is InChI=1S/C24H28N4O5S.ClH/c1-5-26(6-2)12-13-27(23(29)11-10-17-8-7-9-18(14-17)28(30)31)24-25-19-15-20(32-3)21(33-4)16-22(19)34-24;/h7-11,14-16H,5-6,12-13H2,1-4H3;1H. The third-order valence-electron chi connectivity index (χ3n) is 5.41. The molecular formula is C24H29ClN4O5S. The lowest BCUT2D eigenvalue weighted by Gasteiger charge is -2.23. The predicted octanol–water partition coefficient (Wildman–Crippen LogP) is 5.03. The number of likely N-dealkylation sites (N-methyl/N-ethyl adjacent to an activating group) is 1. The maximum atomic E-state index is 13.3. The molecule has 2 aromatic carbocycles. The lowest BCUT2D eigenvalue weighted by Crippen LogP contribution is -2.38. The molecule has 3 aromatic rings. The van der Waals surface area contributed by atoms with Gasteiger partial charge in [0.15, 0.2) is 16.6 Å². The Hall–Kier alpha value is -3.21. The third kappa shape index (κ3) is 6.91. The van der Waals surface area contributed by atoms with Gasteiger partial charge in [-0.3, -0.25) is 19.8 Å². The molecule has 0 aliphatic heterocycles. The Bertz CT molecular complexity index is 1150. The van der Waals surface area contributed by atoms with Gasteiger partial charge in [0.2, 0.25) is 0 Å². The summed E-state index contributed by atoms with van der Waals surface area (Å²) in [6.45, 7) is 7.04. The second kappa shape index (κ2) is 13.0. The second-order valence-corrected chi connectivity index (χ2v) is 8.38. The average molecular weight is 521 g/mol. The molecule has 0 bridgehead atoms. The molecule has 0 aliphatic carbocycles. The Kier molecular flexibility index (Phi) is 10.4. The number of anilines is 1. The van der Waals surface area contributed by atoms with Crippen LogP contribution >= 0.6 is 23.7 Å². The summed E-state index contributed by atoms with van der Waals surface area (Å²) in [6, 6.07) is 9.79. The van der Waals surface area contributed by atoms with Crippen LogP contribution in [0.15, 0.2) is 42.5 Å². The minimum atomic E-state index is -0.459. The van der Waals surface area contributed by atoms with E-state index in [1.165, 1.54) is 29.5 Å². The lowest BCUT2D eigenvalue weighted by molar-refractivity contribution is -0.384. The lowest BCUT2D eigenvalue weighted by atomic mass is 10.2. The van der Waals surface area contributed by atoms with E-state index in [0.717, 1.165) is 17.8 Å². The number of halogens is 1. The van der Waals surface area contributed by atoms with Crippen LogP contribution < -0.4 is 14.4 Å². The molecule has 1 heterocycles. The molecule has 188 valence electrons. The van der Waals surface area contributed by atoms with Crippen LogP contribution in [0.5, 0.6) is 11.5 Å². The van der Waals surface area contributed by atoms with Gasteiger partial charge in [-0.15, -0.1) is 12.4 Å². The Labute approximate surface area is 214 Å². The Morgan fingerprint density at radius 3 is 2.43 bits per heavy atom. The van der Waals surface area contributed by atoms with Gasteiger partial charge in [-0.05, 0) is 24.7 Å². The normalized spacial score (nSPS) is 11.0. The van der Waals surface area contributed by atoms with Gasteiger partial charge in [-0.2, -0.15) is 0 Å².